The predicted molar refractivity (Wildman–Crippen MR) is 128 cm³/mol. The molecule has 0 radical (unpaired) electrons. The van der Waals surface area contributed by atoms with Gasteiger partial charge in [-0.2, -0.15) is 0 Å². The summed E-state index contributed by atoms with van der Waals surface area (Å²) in [4.78, 5) is 23.6. The Morgan fingerprint density at radius 1 is 1.33 bits per heavy atom. The topological polar surface area (TPSA) is 128 Å². The van der Waals surface area contributed by atoms with Crippen LogP contribution in [-0.4, -0.2) is 40.3 Å². The number of thiophene rings is 1. The van der Waals surface area contributed by atoms with Gasteiger partial charge in [-0.25, -0.2) is 23.5 Å². The maximum atomic E-state index is 11.9. The molecule has 3 N–H and O–H groups in total. The summed E-state index contributed by atoms with van der Waals surface area (Å²) in [5.74, 6) is 0.809. The highest BCUT2D eigenvalue weighted by molar-refractivity contribution is 7.88. The van der Waals surface area contributed by atoms with Gasteiger partial charge in [-0.15, -0.1) is 17.1 Å². The molecule has 3 heterocycles. The maximum absolute atomic E-state index is 11.9. The molecule has 174 valence electrons. The molecule has 0 amide bonds. The summed E-state index contributed by atoms with van der Waals surface area (Å²) in [5, 5.41) is 14.1. The number of carbonyl (C=O) groups is 1. The van der Waals surface area contributed by atoms with Crippen LogP contribution in [0.5, 0.6) is 0 Å². The average molecular weight is 487 g/mol. The number of nitrogens with two attached hydrogens (primary N) is 1. The summed E-state index contributed by atoms with van der Waals surface area (Å²) < 4.78 is 21.1. The molecule has 0 spiro atoms. The predicted octanol–water partition coefficient (Wildman–Crippen LogP) is 3.38. The number of carboxylic acids is 1. The number of primary sulfonamides is 1. The van der Waals surface area contributed by atoms with Gasteiger partial charge >= 0.3 is 5.97 Å². The number of hydrogen-bond donors (Lipinski definition) is 2. The summed E-state index contributed by atoms with van der Waals surface area (Å²) in [5.41, 5.74) is 6.06. The molecule has 0 bridgehead atoms. The third-order valence-corrected chi connectivity index (χ3v) is 6.91. The molecular weight excluding hydrogens is 460 g/mol. The molecule has 1 atom stereocenters. The van der Waals surface area contributed by atoms with Crippen molar-refractivity contribution in [3.8, 4) is 0 Å². The number of fused-ring (bicyclic) bond motifs is 1. The molecule has 3 aromatic heterocycles. The van der Waals surface area contributed by atoms with E-state index in [9.17, 15) is 18.3 Å². The Labute approximate surface area is 196 Å². The number of rotatable bonds is 5. The lowest BCUT2D eigenvalue weighted by molar-refractivity contribution is -0.141. The molecule has 10 heteroatoms. The monoisotopic (exact) mass is 486 g/mol. The van der Waals surface area contributed by atoms with E-state index < -0.39 is 21.4 Å². The van der Waals surface area contributed by atoms with Gasteiger partial charge in [0, 0.05) is 21.4 Å². The number of pyridine rings is 1. The van der Waals surface area contributed by atoms with Gasteiger partial charge in [0.1, 0.15) is 16.8 Å². The summed E-state index contributed by atoms with van der Waals surface area (Å²) in [6.45, 7) is 4.78. The first-order valence-corrected chi connectivity index (χ1v) is 13.3. The highest BCUT2D eigenvalue weighted by Gasteiger charge is 2.40. The van der Waals surface area contributed by atoms with Crippen LogP contribution in [0.1, 0.15) is 52.0 Å². The van der Waals surface area contributed by atoms with E-state index in [1.54, 1.807) is 23.5 Å². The SMILES string of the molecule is CS(N)(=O)=O.Cc1cc(C)c2nc(C3CC3)n(Cc3ccc(C4(C(=O)O)C=C=CC4)s3)c2n1. The van der Waals surface area contributed by atoms with E-state index in [0.717, 1.165) is 44.3 Å². The zero-order valence-electron chi connectivity index (χ0n) is 18.7. The molecular formula is C23H26N4O4S2. The van der Waals surface area contributed by atoms with Crippen molar-refractivity contribution < 1.29 is 18.3 Å². The molecule has 3 aromatic rings. The first kappa shape index (κ1) is 23.4. The number of aromatic nitrogens is 3. The van der Waals surface area contributed by atoms with Crippen LogP contribution in [-0.2, 0) is 26.8 Å². The highest BCUT2D eigenvalue weighted by atomic mass is 32.2. The molecule has 0 aliphatic heterocycles. The fraction of sp³-hybridized carbons (Fsp3) is 0.391. The molecule has 5 rings (SSSR count). The number of nitrogens with zero attached hydrogens (tertiary/aromatic N) is 3. The van der Waals surface area contributed by atoms with Gasteiger partial charge in [0.05, 0.1) is 12.8 Å². The first-order valence-electron chi connectivity index (χ1n) is 10.5. The third-order valence-electron chi connectivity index (χ3n) is 5.66. The van der Waals surface area contributed by atoms with Gasteiger partial charge in [0.2, 0.25) is 10.0 Å². The molecule has 1 unspecified atom stereocenters. The van der Waals surface area contributed by atoms with Crippen LogP contribution >= 0.6 is 11.3 Å². The zero-order chi connectivity index (χ0) is 24.0. The Bertz CT molecular complexity index is 1400. The number of aryl methyl sites for hydroxylation is 2. The van der Waals surface area contributed by atoms with Crippen molar-refractivity contribution in [1.82, 2.24) is 14.5 Å². The summed E-state index contributed by atoms with van der Waals surface area (Å²) >= 11 is 1.56. The normalized spacial score (nSPS) is 19.6. The Balaban J connectivity index is 0.000000471. The van der Waals surface area contributed by atoms with Crippen molar-refractivity contribution in [2.45, 2.75) is 51.0 Å². The molecule has 33 heavy (non-hydrogen) atoms. The van der Waals surface area contributed by atoms with Crippen molar-refractivity contribution in [2.75, 3.05) is 6.26 Å². The Kier molecular flexibility index (Phi) is 6.05. The minimum absolute atomic E-state index is 0.462. The number of imidazole rings is 1. The van der Waals surface area contributed by atoms with E-state index >= 15 is 0 Å². The van der Waals surface area contributed by atoms with Crippen molar-refractivity contribution >= 4 is 38.5 Å². The van der Waals surface area contributed by atoms with E-state index in [1.807, 2.05) is 19.1 Å². The second-order valence-corrected chi connectivity index (χ2v) is 11.5. The van der Waals surface area contributed by atoms with Crippen LogP contribution < -0.4 is 5.14 Å². The van der Waals surface area contributed by atoms with E-state index in [4.69, 9.17) is 9.97 Å². The Morgan fingerprint density at radius 3 is 2.61 bits per heavy atom. The highest BCUT2D eigenvalue weighted by Crippen LogP contribution is 2.42. The van der Waals surface area contributed by atoms with Crippen LogP contribution in [0.4, 0.5) is 0 Å². The summed E-state index contributed by atoms with van der Waals surface area (Å²) in [6.07, 6.45) is 7.24. The van der Waals surface area contributed by atoms with Crippen LogP contribution in [0, 0.1) is 13.8 Å². The van der Waals surface area contributed by atoms with Crippen molar-refractivity contribution in [1.29, 1.82) is 0 Å². The fourth-order valence-corrected chi connectivity index (χ4v) is 5.15. The number of carboxylic acid groups (broad SMARTS) is 1. The van der Waals surface area contributed by atoms with Crippen LogP contribution in [0.15, 0.2) is 36.1 Å². The van der Waals surface area contributed by atoms with Crippen LogP contribution in [0.2, 0.25) is 0 Å². The molecule has 0 saturated heterocycles. The maximum Gasteiger partial charge on any atom is 0.319 e. The van der Waals surface area contributed by atoms with Crippen LogP contribution in [0.25, 0.3) is 11.2 Å². The minimum Gasteiger partial charge on any atom is -0.480 e. The second-order valence-electron chi connectivity index (χ2n) is 8.67. The van der Waals surface area contributed by atoms with Crippen molar-refractivity contribution in [2.24, 2.45) is 5.14 Å². The summed E-state index contributed by atoms with van der Waals surface area (Å²) in [6, 6.07) is 6.07. The molecule has 8 nitrogen and oxygen atoms in total. The van der Waals surface area contributed by atoms with E-state index in [0.29, 0.717) is 18.9 Å². The van der Waals surface area contributed by atoms with Gasteiger partial charge in [-0.1, -0.05) is 0 Å². The third kappa shape index (κ3) is 4.94. The van der Waals surface area contributed by atoms with Gasteiger partial charge in [-0.05, 0) is 69.0 Å². The minimum atomic E-state index is -3.17. The van der Waals surface area contributed by atoms with Crippen molar-refractivity contribution in [3.63, 3.8) is 0 Å². The van der Waals surface area contributed by atoms with E-state index in [-0.39, 0.29) is 0 Å². The van der Waals surface area contributed by atoms with Gasteiger partial charge in [0.25, 0.3) is 0 Å². The lowest BCUT2D eigenvalue weighted by Gasteiger charge is -2.19. The van der Waals surface area contributed by atoms with E-state index in [2.05, 4.69) is 28.4 Å². The smallest absolute Gasteiger partial charge is 0.319 e. The number of sulfonamides is 1. The first-order chi connectivity index (χ1) is 15.5. The second kappa shape index (κ2) is 8.53. The fourth-order valence-electron chi connectivity index (χ4n) is 3.99. The van der Waals surface area contributed by atoms with Gasteiger partial charge < -0.3 is 9.67 Å². The Hall–Kier alpha value is -2.78. The zero-order valence-corrected chi connectivity index (χ0v) is 20.3. The quantitative estimate of drug-likeness (QED) is 0.532. The average Bonchev–Trinajstić information content (AvgIpc) is 3.11. The molecule has 1 saturated carbocycles. The molecule has 2 aliphatic carbocycles. The summed E-state index contributed by atoms with van der Waals surface area (Å²) in [7, 11) is -3.17. The molecule has 0 aromatic carbocycles. The van der Waals surface area contributed by atoms with Gasteiger partial charge in [-0.3, -0.25) is 4.79 Å². The standard InChI is InChI=1S/C22H21N3O2S.CH5NO2S/c1-13-11-14(2)23-20-18(13)24-19(15-5-6-15)25(20)12-16-7-8-17(28-16)22(21(26)27)9-3-4-10-22;1-5(2,3)4/h3,7-8,10-11,15H,5-6,9,12H2,1-2H3,(H,26,27);1H3,(H2,2,3,4). The van der Waals surface area contributed by atoms with Gasteiger partial charge in [0.15, 0.2) is 5.65 Å². The number of aliphatic carboxylic acids is 1. The lowest BCUT2D eigenvalue weighted by atomic mass is 9.86. The lowest BCUT2D eigenvalue weighted by Crippen LogP contribution is -2.30. The van der Waals surface area contributed by atoms with Crippen molar-refractivity contribution in [3.05, 3.63) is 62.9 Å². The van der Waals surface area contributed by atoms with Crippen LogP contribution in [0.3, 0.4) is 0 Å². The molecule has 1 fully saturated rings. The largest absolute Gasteiger partial charge is 0.480 e. The molecule has 2 aliphatic rings. The number of hydrogen-bond acceptors (Lipinski definition) is 6. The Morgan fingerprint density at radius 2 is 2.03 bits per heavy atom. The van der Waals surface area contributed by atoms with E-state index in [1.165, 1.54) is 12.8 Å².